The Morgan fingerprint density at radius 2 is 1.77 bits per heavy atom. The molecule has 1 aromatic carbocycles. The van der Waals surface area contributed by atoms with Gasteiger partial charge in [0.05, 0.1) is 22.6 Å². The van der Waals surface area contributed by atoms with Crippen LogP contribution in [0.1, 0.15) is 45.1 Å². The molecular formula is C24H29BrN2O7S. The van der Waals surface area contributed by atoms with E-state index in [0.29, 0.717) is 41.2 Å². The highest BCUT2D eigenvalue weighted by Crippen LogP contribution is 2.39. The van der Waals surface area contributed by atoms with E-state index in [1.807, 2.05) is 6.92 Å². The zero-order valence-corrected chi connectivity index (χ0v) is 22.2. The molecule has 1 aromatic rings. The molecule has 2 saturated heterocycles. The molecule has 0 bridgehead atoms. The van der Waals surface area contributed by atoms with E-state index < -0.39 is 17.1 Å². The van der Waals surface area contributed by atoms with Crippen molar-refractivity contribution < 1.29 is 33.4 Å². The Labute approximate surface area is 217 Å². The Morgan fingerprint density at radius 3 is 2.43 bits per heavy atom. The summed E-state index contributed by atoms with van der Waals surface area (Å²) < 4.78 is 16.6. The van der Waals surface area contributed by atoms with Crippen molar-refractivity contribution in [1.82, 2.24) is 9.80 Å². The minimum absolute atomic E-state index is 0.208. The van der Waals surface area contributed by atoms with Crippen molar-refractivity contribution in [3.8, 4) is 11.5 Å². The summed E-state index contributed by atoms with van der Waals surface area (Å²) in [6, 6.07) is 3.35. The predicted octanol–water partition coefficient (Wildman–Crippen LogP) is 4.23. The topological polar surface area (TPSA) is 102 Å². The van der Waals surface area contributed by atoms with E-state index in [4.69, 9.17) is 14.2 Å². The van der Waals surface area contributed by atoms with Crippen molar-refractivity contribution in [3.05, 3.63) is 27.1 Å². The zero-order valence-electron chi connectivity index (χ0n) is 19.8. The molecule has 190 valence electrons. The zero-order chi connectivity index (χ0) is 25.4. The summed E-state index contributed by atoms with van der Waals surface area (Å²) in [4.78, 5) is 52.8. The molecular weight excluding hydrogens is 540 g/mol. The summed E-state index contributed by atoms with van der Waals surface area (Å²) in [5.74, 6) is -0.518. The van der Waals surface area contributed by atoms with Gasteiger partial charge in [-0.1, -0.05) is 12.8 Å². The number of imide groups is 1. The summed E-state index contributed by atoms with van der Waals surface area (Å²) >= 11 is 4.22. The molecule has 3 amide bonds. The SMILES string of the molecule is CCOC(=O)COc1c(Br)cc(C=C2SC(=O)N(CC(=O)N3CCCCCC3)C2=O)cc1OCC. The highest BCUT2D eigenvalue weighted by molar-refractivity contribution is 9.10. The summed E-state index contributed by atoms with van der Waals surface area (Å²) in [7, 11) is 0. The second kappa shape index (κ2) is 13.0. The van der Waals surface area contributed by atoms with E-state index in [1.165, 1.54) is 0 Å². The Morgan fingerprint density at radius 1 is 1.06 bits per heavy atom. The molecule has 2 aliphatic rings. The Kier molecular flexibility index (Phi) is 10.0. The molecule has 0 unspecified atom stereocenters. The summed E-state index contributed by atoms with van der Waals surface area (Å²) in [5.41, 5.74) is 0.591. The van der Waals surface area contributed by atoms with Crippen LogP contribution in [-0.2, 0) is 19.1 Å². The number of rotatable bonds is 9. The molecule has 0 aliphatic carbocycles. The van der Waals surface area contributed by atoms with Crippen molar-refractivity contribution >= 4 is 56.8 Å². The van der Waals surface area contributed by atoms with Crippen molar-refractivity contribution in [3.63, 3.8) is 0 Å². The lowest BCUT2D eigenvalue weighted by Crippen LogP contribution is -2.42. The highest BCUT2D eigenvalue weighted by Gasteiger charge is 2.37. The maximum absolute atomic E-state index is 12.9. The number of carbonyl (C=O) groups is 4. The second-order valence-corrected chi connectivity index (χ2v) is 9.77. The average Bonchev–Trinajstić information content (AvgIpc) is 3.00. The monoisotopic (exact) mass is 568 g/mol. The van der Waals surface area contributed by atoms with Gasteiger partial charge in [-0.05, 0) is 78.2 Å². The Bertz CT molecular complexity index is 1010. The number of nitrogens with zero attached hydrogens (tertiary/aromatic N) is 2. The quantitative estimate of drug-likeness (QED) is 0.322. The third kappa shape index (κ3) is 7.23. The maximum atomic E-state index is 12.9. The van der Waals surface area contributed by atoms with E-state index in [-0.39, 0.29) is 30.6 Å². The van der Waals surface area contributed by atoms with Crippen LogP contribution < -0.4 is 9.47 Å². The van der Waals surface area contributed by atoms with Crippen molar-refractivity contribution in [2.24, 2.45) is 0 Å². The van der Waals surface area contributed by atoms with Crippen LogP contribution >= 0.6 is 27.7 Å². The van der Waals surface area contributed by atoms with Gasteiger partial charge in [0.2, 0.25) is 5.91 Å². The van der Waals surface area contributed by atoms with Gasteiger partial charge in [-0.15, -0.1) is 0 Å². The number of esters is 1. The lowest BCUT2D eigenvalue weighted by Gasteiger charge is -2.22. The summed E-state index contributed by atoms with van der Waals surface area (Å²) in [6.07, 6.45) is 5.61. The summed E-state index contributed by atoms with van der Waals surface area (Å²) in [6.45, 7) is 4.89. The lowest BCUT2D eigenvalue weighted by molar-refractivity contribution is -0.145. The van der Waals surface area contributed by atoms with Crippen LogP contribution in [0.15, 0.2) is 21.5 Å². The van der Waals surface area contributed by atoms with Gasteiger partial charge in [0.15, 0.2) is 18.1 Å². The normalized spacial score (nSPS) is 17.5. The van der Waals surface area contributed by atoms with E-state index in [9.17, 15) is 19.2 Å². The van der Waals surface area contributed by atoms with Gasteiger partial charge in [0.25, 0.3) is 11.1 Å². The molecule has 2 fully saturated rings. The van der Waals surface area contributed by atoms with Crippen LogP contribution in [-0.4, -0.2) is 72.3 Å². The van der Waals surface area contributed by atoms with Gasteiger partial charge in [-0.3, -0.25) is 19.3 Å². The Balaban J connectivity index is 1.75. The first-order valence-electron chi connectivity index (χ1n) is 11.6. The molecule has 3 rings (SSSR count). The van der Waals surface area contributed by atoms with Crippen LogP contribution in [0, 0.1) is 0 Å². The van der Waals surface area contributed by atoms with Gasteiger partial charge in [0, 0.05) is 13.1 Å². The first-order valence-corrected chi connectivity index (χ1v) is 13.2. The van der Waals surface area contributed by atoms with E-state index >= 15 is 0 Å². The molecule has 0 spiro atoms. The second-order valence-electron chi connectivity index (χ2n) is 7.92. The number of likely N-dealkylation sites (tertiary alicyclic amines) is 1. The molecule has 0 aromatic heterocycles. The standard InChI is InChI=1S/C24H29BrN2O7S/c1-3-32-18-12-16(11-17(25)22(18)34-15-21(29)33-4-2)13-19-23(30)27(24(31)35-19)14-20(28)26-9-7-5-6-8-10-26/h11-13H,3-10,14-15H2,1-2H3. The number of hydrogen-bond donors (Lipinski definition) is 0. The molecule has 2 aliphatic heterocycles. The van der Waals surface area contributed by atoms with E-state index in [2.05, 4.69) is 15.9 Å². The first kappa shape index (κ1) is 27.1. The van der Waals surface area contributed by atoms with Crippen molar-refractivity contribution in [2.45, 2.75) is 39.5 Å². The predicted molar refractivity (Wildman–Crippen MR) is 135 cm³/mol. The number of ether oxygens (including phenoxy) is 3. The molecule has 35 heavy (non-hydrogen) atoms. The van der Waals surface area contributed by atoms with Crippen LogP contribution in [0.25, 0.3) is 6.08 Å². The third-order valence-corrected chi connectivity index (χ3v) is 6.89. The molecule has 0 N–H and O–H groups in total. The maximum Gasteiger partial charge on any atom is 0.344 e. The molecule has 0 atom stereocenters. The average molecular weight is 569 g/mol. The summed E-state index contributed by atoms with van der Waals surface area (Å²) in [5, 5.41) is -0.470. The van der Waals surface area contributed by atoms with Crippen LogP contribution in [0.2, 0.25) is 0 Å². The smallest absolute Gasteiger partial charge is 0.344 e. The fourth-order valence-corrected chi connectivity index (χ4v) is 5.16. The fraction of sp³-hybridized carbons (Fsp3) is 0.500. The van der Waals surface area contributed by atoms with Gasteiger partial charge in [0.1, 0.15) is 6.54 Å². The molecule has 2 heterocycles. The van der Waals surface area contributed by atoms with Crippen molar-refractivity contribution in [2.75, 3.05) is 39.5 Å². The van der Waals surface area contributed by atoms with Gasteiger partial charge in [-0.25, -0.2) is 4.79 Å². The molecule has 0 saturated carbocycles. The molecule has 9 nitrogen and oxygen atoms in total. The number of carbonyl (C=O) groups excluding carboxylic acids is 4. The van der Waals surface area contributed by atoms with Crippen molar-refractivity contribution in [1.29, 1.82) is 0 Å². The van der Waals surface area contributed by atoms with Crippen LogP contribution in [0.3, 0.4) is 0 Å². The van der Waals surface area contributed by atoms with Gasteiger partial charge in [-0.2, -0.15) is 0 Å². The largest absolute Gasteiger partial charge is 0.490 e. The lowest BCUT2D eigenvalue weighted by atomic mass is 10.2. The van der Waals surface area contributed by atoms with E-state index in [0.717, 1.165) is 42.3 Å². The van der Waals surface area contributed by atoms with Crippen LogP contribution in [0.5, 0.6) is 11.5 Å². The number of halogens is 1. The number of benzene rings is 1. The van der Waals surface area contributed by atoms with Gasteiger partial charge >= 0.3 is 5.97 Å². The number of amides is 3. The Hall–Kier alpha value is -2.53. The number of thioether (sulfide) groups is 1. The number of hydrogen-bond acceptors (Lipinski definition) is 8. The minimum Gasteiger partial charge on any atom is -0.490 e. The minimum atomic E-state index is -0.505. The molecule has 11 heteroatoms. The fourth-order valence-electron chi connectivity index (χ4n) is 3.75. The van der Waals surface area contributed by atoms with E-state index in [1.54, 1.807) is 30.0 Å². The third-order valence-electron chi connectivity index (χ3n) is 5.39. The highest BCUT2D eigenvalue weighted by atomic mass is 79.9. The van der Waals surface area contributed by atoms with Gasteiger partial charge < -0.3 is 19.1 Å². The first-order chi connectivity index (χ1) is 16.8. The van der Waals surface area contributed by atoms with Crippen LogP contribution in [0.4, 0.5) is 4.79 Å². The molecule has 0 radical (unpaired) electrons.